The molecule has 148 valence electrons. The Hall–Kier alpha value is -3.11. The van der Waals surface area contributed by atoms with Gasteiger partial charge in [0.05, 0.1) is 35.3 Å². The first-order valence-corrected chi connectivity index (χ1v) is 8.20. The third-order valence-electron chi connectivity index (χ3n) is 3.32. The lowest BCUT2D eigenvalue weighted by Crippen LogP contribution is -2.22. The molecule has 0 saturated heterocycles. The number of anilines is 1. The summed E-state index contributed by atoms with van der Waals surface area (Å²) >= 11 is 11.6. The Kier molecular flexibility index (Phi) is 6.96. The van der Waals surface area contributed by atoms with E-state index in [1.807, 2.05) is 0 Å². The van der Waals surface area contributed by atoms with E-state index in [9.17, 15) is 19.7 Å². The summed E-state index contributed by atoms with van der Waals surface area (Å²) in [5.41, 5.74) is -0.969. The minimum atomic E-state index is -1.10. The van der Waals surface area contributed by atoms with Crippen molar-refractivity contribution in [3.63, 3.8) is 0 Å². The molecule has 10 nitrogen and oxygen atoms in total. The highest BCUT2D eigenvalue weighted by Gasteiger charge is 2.26. The molecule has 2 rings (SSSR count). The number of nitro benzene ring substituents is 1. The number of aromatic nitrogens is 1. The highest BCUT2D eigenvalue weighted by Crippen LogP contribution is 2.34. The number of nitrogens with zero attached hydrogens (tertiary/aromatic N) is 2. The van der Waals surface area contributed by atoms with Gasteiger partial charge >= 0.3 is 5.97 Å². The van der Waals surface area contributed by atoms with Crippen molar-refractivity contribution >= 4 is 46.6 Å². The third kappa shape index (κ3) is 4.99. The lowest BCUT2D eigenvalue weighted by atomic mass is 10.1. The second-order valence-corrected chi connectivity index (χ2v) is 5.93. The van der Waals surface area contributed by atoms with Crippen LogP contribution in [0, 0.1) is 10.1 Å². The summed E-state index contributed by atoms with van der Waals surface area (Å²) in [5.74, 6) is -1.69. The molecule has 0 aliphatic heterocycles. The number of ether oxygens (including phenoxy) is 3. The van der Waals surface area contributed by atoms with Crippen molar-refractivity contribution in [3.05, 3.63) is 50.1 Å². The van der Waals surface area contributed by atoms with Gasteiger partial charge in [-0.1, -0.05) is 23.2 Å². The van der Waals surface area contributed by atoms with Crippen LogP contribution in [0.25, 0.3) is 0 Å². The smallest absolute Gasteiger partial charge is 0.345 e. The number of carbonyl (C=O) groups excluding carboxylic acids is 2. The van der Waals surface area contributed by atoms with Crippen LogP contribution in [-0.4, -0.2) is 42.6 Å². The number of hydrogen-bond acceptors (Lipinski definition) is 8. The summed E-state index contributed by atoms with van der Waals surface area (Å²) < 4.78 is 14.8. The lowest BCUT2D eigenvalue weighted by Gasteiger charge is -2.11. The Morgan fingerprint density at radius 3 is 2.39 bits per heavy atom. The van der Waals surface area contributed by atoms with Crippen LogP contribution < -0.4 is 14.8 Å². The molecule has 1 aromatic carbocycles. The zero-order valence-electron chi connectivity index (χ0n) is 14.5. The quantitative estimate of drug-likeness (QED) is 0.403. The predicted molar refractivity (Wildman–Crippen MR) is 99.4 cm³/mol. The molecule has 0 radical (unpaired) electrons. The van der Waals surface area contributed by atoms with Gasteiger partial charge in [-0.2, -0.15) is 0 Å². The third-order valence-corrected chi connectivity index (χ3v) is 3.81. The Balaban J connectivity index is 2.13. The molecule has 2 aromatic rings. The monoisotopic (exact) mass is 429 g/mol. The standard InChI is InChI=1S/C16H13Cl2N3O7/c1-26-12-4-9(11(21(24)25)5-13(12)27-2)16(23)28-7-14(22)20-15-10(18)3-8(17)6-19-15/h3-6H,7H2,1-2H3,(H,19,20,22). The average Bonchev–Trinajstić information content (AvgIpc) is 2.67. The van der Waals surface area contributed by atoms with Gasteiger partial charge in [-0.15, -0.1) is 0 Å². The SMILES string of the molecule is COc1cc(C(=O)OCC(=O)Nc2ncc(Cl)cc2Cl)c([N+](=O)[O-])cc1OC. The fourth-order valence-electron chi connectivity index (χ4n) is 2.07. The molecule has 1 heterocycles. The van der Waals surface area contributed by atoms with Crippen molar-refractivity contribution in [1.82, 2.24) is 4.98 Å². The van der Waals surface area contributed by atoms with Crippen molar-refractivity contribution < 1.29 is 28.7 Å². The largest absolute Gasteiger partial charge is 0.493 e. The number of rotatable bonds is 7. The summed E-state index contributed by atoms with van der Waals surface area (Å²) in [5, 5.41) is 13.9. The maximum atomic E-state index is 12.2. The number of carbonyl (C=O) groups is 2. The maximum absolute atomic E-state index is 12.2. The fourth-order valence-corrected chi connectivity index (χ4v) is 2.49. The maximum Gasteiger partial charge on any atom is 0.345 e. The number of methoxy groups -OCH3 is 2. The van der Waals surface area contributed by atoms with E-state index >= 15 is 0 Å². The number of benzene rings is 1. The number of esters is 1. The first-order valence-electron chi connectivity index (χ1n) is 7.45. The van der Waals surface area contributed by atoms with E-state index in [2.05, 4.69) is 10.3 Å². The van der Waals surface area contributed by atoms with E-state index in [0.717, 1.165) is 12.1 Å². The average molecular weight is 430 g/mol. The molecule has 28 heavy (non-hydrogen) atoms. The summed E-state index contributed by atoms with van der Waals surface area (Å²) in [6.45, 7) is -0.731. The van der Waals surface area contributed by atoms with Crippen molar-refractivity contribution in [1.29, 1.82) is 0 Å². The number of amides is 1. The van der Waals surface area contributed by atoms with Gasteiger partial charge in [0.25, 0.3) is 11.6 Å². The van der Waals surface area contributed by atoms with Crippen LogP contribution in [-0.2, 0) is 9.53 Å². The number of hydrogen-bond donors (Lipinski definition) is 1. The molecular weight excluding hydrogens is 417 g/mol. The molecule has 0 fully saturated rings. The second kappa shape index (κ2) is 9.20. The van der Waals surface area contributed by atoms with E-state index in [1.165, 1.54) is 26.5 Å². The fraction of sp³-hybridized carbons (Fsp3) is 0.188. The van der Waals surface area contributed by atoms with E-state index in [1.54, 1.807) is 0 Å². The van der Waals surface area contributed by atoms with E-state index in [-0.39, 0.29) is 27.4 Å². The van der Waals surface area contributed by atoms with Gasteiger partial charge in [0, 0.05) is 12.3 Å². The number of nitrogens with one attached hydrogen (secondary N) is 1. The zero-order valence-corrected chi connectivity index (χ0v) is 16.0. The van der Waals surface area contributed by atoms with E-state index < -0.39 is 34.7 Å². The summed E-state index contributed by atoms with van der Waals surface area (Å²) in [7, 11) is 2.59. The van der Waals surface area contributed by atoms with Gasteiger partial charge in [0.15, 0.2) is 23.9 Å². The summed E-state index contributed by atoms with van der Waals surface area (Å²) in [6, 6.07) is 3.48. The van der Waals surface area contributed by atoms with Crippen LogP contribution in [0.3, 0.4) is 0 Å². The predicted octanol–water partition coefficient (Wildman–Crippen LogP) is 3.11. The van der Waals surface area contributed by atoms with Gasteiger partial charge < -0.3 is 19.5 Å². The Bertz CT molecular complexity index is 937. The second-order valence-electron chi connectivity index (χ2n) is 5.09. The van der Waals surface area contributed by atoms with Gasteiger partial charge in [0.1, 0.15) is 5.56 Å². The van der Waals surface area contributed by atoms with Crippen LogP contribution in [0.15, 0.2) is 24.4 Å². The first-order chi connectivity index (χ1) is 13.3. The van der Waals surface area contributed by atoms with Crippen molar-refractivity contribution in [2.45, 2.75) is 0 Å². The summed E-state index contributed by atoms with van der Waals surface area (Å²) in [4.78, 5) is 38.4. The lowest BCUT2D eigenvalue weighted by molar-refractivity contribution is -0.385. The Morgan fingerprint density at radius 2 is 1.82 bits per heavy atom. The number of nitro groups is 1. The van der Waals surface area contributed by atoms with Gasteiger partial charge in [-0.3, -0.25) is 14.9 Å². The zero-order chi connectivity index (χ0) is 20.8. The molecule has 0 aliphatic rings. The Labute approximate surface area is 168 Å². The minimum absolute atomic E-state index is 0.0178. The topological polar surface area (TPSA) is 130 Å². The van der Waals surface area contributed by atoms with Crippen LogP contribution in [0.5, 0.6) is 11.5 Å². The van der Waals surface area contributed by atoms with E-state index in [0.29, 0.717) is 0 Å². The van der Waals surface area contributed by atoms with Gasteiger partial charge in [-0.25, -0.2) is 9.78 Å². The van der Waals surface area contributed by atoms with Crippen LogP contribution in [0.4, 0.5) is 11.5 Å². The molecule has 0 spiro atoms. The van der Waals surface area contributed by atoms with Crippen LogP contribution in [0.2, 0.25) is 10.0 Å². The molecule has 1 aromatic heterocycles. The Morgan fingerprint density at radius 1 is 1.18 bits per heavy atom. The van der Waals surface area contributed by atoms with Gasteiger partial charge in [-0.05, 0) is 6.07 Å². The number of pyridine rings is 1. The minimum Gasteiger partial charge on any atom is -0.493 e. The van der Waals surface area contributed by atoms with Crippen molar-refractivity contribution in [2.24, 2.45) is 0 Å². The molecular formula is C16H13Cl2N3O7. The van der Waals surface area contributed by atoms with Gasteiger partial charge in [0.2, 0.25) is 0 Å². The number of halogens is 2. The molecule has 1 N–H and O–H groups in total. The normalized spacial score (nSPS) is 10.1. The van der Waals surface area contributed by atoms with Crippen LogP contribution >= 0.6 is 23.2 Å². The molecule has 12 heteroatoms. The van der Waals surface area contributed by atoms with Crippen molar-refractivity contribution in [2.75, 3.05) is 26.1 Å². The van der Waals surface area contributed by atoms with E-state index in [4.69, 9.17) is 37.4 Å². The molecule has 0 atom stereocenters. The molecule has 0 saturated carbocycles. The first kappa shape index (κ1) is 21.2. The van der Waals surface area contributed by atoms with Crippen LogP contribution in [0.1, 0.15) is 10.4 Å². The highest BCUT2D eigenvalue weighted by molar-refractivity contribution is 6.36. The summed E-state index contributed by atoms with van der Waals surface area (Å²) in [6.07, 6.45) is 1.27. The van der Waals surface area contributed by atoms with Crippen molar-refractivity contribution in [3.8, 4) is 11.5 Å². The molecule has 0 bridgehead atoms. The highest BCUT2D eigenvalue weighted by atomic mass is 35.5. The molecule has 0 aliphatic carbocycles. The molecule has 1 amide bonds. The molecule has 0 unspecified atom stereocenters.